The number of aliphatic hydroxyl groups is 1. The number of likely N-dealkylation sites (tertiary alicyclic amines) is 1. The first-order valence-electron chi connectivity index (χ1n) is 5.42. The number of hydrogen-bond donors (Lipinski definition) is 1. The molecule has 4 nitrogen and oxygen atoms in total. The molecule has 1 N–H and O–H groups in total. The van der Waals surface area contributed by atoms with E-state index in [0.29, 0.717) is 13.0 Å². The highest BCUT2D eigenvalue weighted by Gasteiger charge is 2.39. The number of nitrogens with zero attached hydrogens (tertiary/aromatic N) is 2. The second kappa shape index (κ2) is 4.63. The lowest BCUT2D eigenvalue weighted by molar-refractivity contribution is -0.140. The Morgan fingerprint density at radius 1 is 1.73 bits per heavy atom. The smallest absolute Gasteiger partial charge is 0.243 e. The fraction of sp³-hybridized carbons (Fsp3) is 0.818. The van der Waals surface area contributed by atoms with Crippen molar-refractivity contribution in [1.29, 1.82) is 5.26 Å². The van der Waals surface area contributed by atoms with Gasteiger partial charge in [0.15, 0.2) is 0 Å². The summed E-state index contributed by atoms with van der Waals surface area (Å²) in [6.45, 7) is 4.17. The molecule has 0 radical (unpaired) electrons. The number of carbonyl (C=O) groups is 1. The van der Waals surface area contributed by atoms with Gasteiger partial charge in [-0.15, -0.1) is 0 Å². The number of rotatable bonds is 3. The zero-order valence-electron chi connectivity index (χ0n) is 9.36. The minimum Gasteiger partial charge on any atom is -0.394 e. The Hall–Kier alpha value is -1.08. The van der Waals surface area contributed by atoms with Gasteiger partial charge >= 0.3 is 0 Å². The minimum absolute atomic E-state index is 0.00301. The van der Waals surface area contributed by atoms with Crippen LogP contribution in [0.15, 0.2) is 0 Å². The van der Waals surface area contributed by atoms with Crippen molar-refractivity contribution >= 4 is 5.91 Å². The standard InChI is InChI=1S/C11H18N2O2/c1-3-11(2,8-12)10(15)13-6-4-5-9(13)7-14/h9,14H,3-7H2,1-2H3/t9-,11?/m1/s1. The van der Waals surface area contributed by atoms with Crippen LogP contribution in [0.3, 0.4) is 0 Å². The Morgan fingerprint density at radius 2 is 2.40 bits per heavy atom. The average Bonchev–Trinajstić information content (AvgIpc) is 2.74. The van der Waals surface area contributed by atoms with Crippen molar-refractivity contribution in [3.63, 3.8) is 0 Å². The van der Waals surface area contributed by atoms with Crippen LogP contribution in [-0.4, -0.2) is 35.1 Å². The molecule has 0 aromatic rings. The summed E-state index contributed by atoms with van der Waals surface area (Å²) in [5.74, 6) is -0.135. The van der Waals surface area contributed by atoms with E-state index < -0.39 is 5.41 Å². The molecular formula is C11H18N2O2. The van der Waals surface area contributed by atoms with Crippen molar-refractivity contribution < 1.29 is 9.90 Å². The normalized spacial score (nSPS) is 24.7. The lowest BCUT2D eigenvalue weighted by atomic mass is 9.87. The molecule has 1 fully saturated rings. The van der Waals surface area contributed by atoms with Gasteiger partial charge in [0.25, 0.3) is 0 Å². The van der Waals surface area contributed by atoms with E-state index in [0.717, 1.165) is 12.8 Å². The van der Waals surface area contributed by atoms with Crippen molar-refractivity contribution in [2.24, 2.45) is 5.41 Å². The average molecular weight is 210 g/mol. The number of carbonyl (C=O) groups excluding carboxylic acids is 1. The van der Waals surface area contributed by atoms with Crippen molar-refractivity contribution in [1.82, 2.24) is 4.90 Å². The van der Waals surface area contributed by atoms with E-state index in [2.05, 4.69) is 6.07 Å². The van der Waals surface area contributed by atoms with Crippen LogP contribution in [0, 0.1) is 16.7 Å². The van der Waals surface area contributed by atoms with Gasteiger partial charge in [0, 0.05) is 6.54 Å². The van der Waals surface area contributed by atoms with Gasteiger partial charge in [-0.2, -0.15) is 5.26 Å². The van der Waals surface area contributed by atoms with Gasteiger partial charge in [-0.25, -0.2) is 0 Å². The molecule has 0 aliphatic carbocycles. The second-order valence-corrected chi connectivity index (χ2v) is 4.27. The fourth-order valence-corrected chi connectivity index (χ4v) is 1.89. The summed E-state index contributed by atoms with van der Waals surface area (Å²) >= 11 is 0. The molecule has 0 bridgehead atoms. The third-order valence-corrected chi connectivity index (χ3v) is 3.27. The van der Waals surface area contributed by atoms with Gasteiger partial charge in [0.1, 0.15) is 5.41 Å². The highest BCUT2D eigenvalue weighted by atomic mass is 16.3. The molecule has 1 heterocycles. The maximum Gasteiger partial charge on any atom is 0.243 e. The molecule has 84 valence electrons. The van der Waals surface area contributed by atoms with Gasteiger partial charge in [0.2, 0.25) is 5.91 Å². The molecule has 0 aromatic heterocycles. The molecule has 1 unspecified atom stereocenters. The maximum absolute atomic E-state index is 12.1. The highest BCUT2D eigenvalue weighted by molar-refractivity contribution is 5.85. The molecule has 2 atom stereocenters. The third-order valence-electron chi connectivity index (χ3n) is 3.27. The Balaban J connectivity index is 2.80. The summed E-state index contributed by atoms with van der Waals surface area (Å²) in [5, 5.41) is 18.1. The monoisotopic (exact) mass is 210 g/mol. The van der Waals surface area contributed by atoms with Crippen LogP contribution in [0.1, 0.15) is 33.1 Å². The minimum atomic E-state index is -0.933. The van der Waals surface area contributed by atoms with Gasteiger partial charge in [0.05, 0.1) is 18.7 Å². The van der Waals surface area contributed by atoms with E-state index in [-0.39, 0.29) is 18.6 Å². The van der Waals surface area contributed by atoms with Gasteiger partial charge in [-0.05, 0) is 26.2 Å². The maximum atomic E-state index is 12.1. The van der Waals surface area contributed by atoms with Gasteiger partial charge in [-0.1, -0.05) is 6.92 Å². The summed E-state index contributed by atoms with van der Waals surface area (Å²) in [5.41, 5.74) is -0.933. The Kier molecular flexibility index (Phi) is 3.70. The highest BCUT2D eigenvalue weighted by Crippen LogP contribution is 2.28. The largest absolute Gasteiger partial charge is 0.394 e. The number of aliphatic hydroxyl groups excluding tert-OH is 1. The third kappa shape index (κ3) is 2.13. The van der Waals surface area contributed by atoms with Crippen molar-refractivity contribution in [3.05, 3.63) is 0 Å². The van der Waals surface area contributed by atoms with E-state index in [1.807, 2.05) is 6.92 Å². The lowest BCUT2D eigenvalue weighted by Crippen LogP contribution is -2.45. The van der Waals surface area contributed by atoms with Crippen molar-refractivity contribution in [2.75, 3.05) is 13.2 Å². The number of nitriles is 1. The molecule has 15 heavy (non-hydrogen) atoms. The molecule has 0 saturated carbocycles. The van der Waals surface area contributed by atoms with Crippen molar-refractivity contribution in [3.8, 4) is 6.07 Å². The first-order chi connectivity index (χ1) is 7.09. The summed E-state index contributed by atoms with van der Waals surface area (Å²) in [6, 6.07) is 1.99. The molecule has 0 spiro atoms. The first-order valence-corrected chi connectivity index (χ1v) is 5.42. The predicted octanol–water partition coefficient (Wildman–Crippen LogP) is 0.910. The molecule has 1 saturated heterocycles. The van der Waals surface area contributed by atoms with E-state index in [4.69, 9.17) is 10.4 Å². The first kappa shape index (κ1) is 12.0. The summed E-state index contributed by atoms with van der Waals surface area (Å²) < 4.78 is 0. The number of amides is 1. The van der Waals surface area contributed by atoms with Crippen LogP contribution in [-0.2, 0) is 4.79 Å². The van der Waals surface area contributed by atoms with Crippen molar-refractivity contribution in [2.45, 2.75) is 39.2 Å². The van der Waals surface area contributed by atoms with Crippen LogP contribution >= 0.6 is 0 Å². The quantitative estimate of drug-likeness (QED) is 0.753. The summed E-state index contributed by atoms with van der Waals surface area (Å²) in [7, 11) is 0. The van der Waals surface area contributed by atoms with Crippen LogP contribution in [0.25, 0.3) is 0 Å². The molecular weight excluding hydrogens is 192 g/mol. The van der Waals surface area contributed by atoms with E-state index in [1.54, 1.807) is 11.8 Å². The SMILES string of the molecule is CCC(C)(C#N)C(=O)N1CCC[C@@H]1CO. The van der Waals surface area contributed by atoms with Gasteiger partial charge in [-0.3, -0.25) is 4.79 Å². The zero-order chi connectivity index (χ0) is 11.5. The molecule has 1 rings (SSSR count). The predicted molar refractivity (Wildman–Crippen MR) is 55.8 cm³/mol. The van der Waals surface area contributed by atoms with Crippen LogP contribution in [0.2, 0.25) is 0 Å². The Labute approximate surface area is 90.5 Å². The van der Waals surface area contributed by atoms with E-state index in [1.165, 1.54) is 0 Å². The van der Waals surface area contributed by atoms with Gasteiger partial charge < -0.3 is 10.0 Å². The van der Waals surface area contributed by atoms with E-state index in [9.17, 15) is 4.79 Å². The molecule has 0 aromatic carbocycles. The van der Waals surface area contributed by atoms with Crippen LogP contribution in [0.4, 0.5) is 0 Å². The molecule has 1 amide bonds. The Bertz CT molecular complexity index is 285. The molecule has 1 aliphatic heterocycles. The Morgan fingerprint density at radius 3 is 2.87 bits per heavy atom. The summed E-state index contributed by atoms with van der Waals surface area (Å²) in [4.78, 5) is 13.8. The van der Waals surface area contributed by atoms with Crippen LogP contribution in [0.5, 0.6) is 0 Å². The zero-order valence-corrected chi connectivity index (χ0v) is 9.36. The molecule has 1 aliphatic rings. The fourth-order valence-electron chi connectivity index (χ4n) is 1.89. The number of hydrogen-bond acceptors (Lipinski definition) is 3. The molecule has 4 heteroatoms. The van der Waals surface area contributed by atoms with Crippen LogP contribution < -0.4 is 0 Å². The topological polar surface area (TPSA) is 64.3 Å². The second-order valence-electron chi connectivity index (χ2n) is 4.27. The summed E-state index contributed by atoms with van der Waals surface area (Å²) in [6.07, 6.45) is 2.27. The van der Waals surface area contributed by atoms with E-state index >= 15 is 0 Å². The lowest BCUT2D eigenvalue weighted by Gasteiger charge is -2.29.